The summed E-state index contributed by atoms with van der Waals surface area (Å²) in [6.07, 6.45) is -0.586. The van der Waals surface area contributed by atoms with E-state index >= 15 is 0 Å². The highest BCUT2D eigenvalue weighted by atomic mass is 16.5. The molecular formula is C25H24N2O4. The average Bonchev–Trinajstić information content (AvgIpc) is 2.78. The molecule has 1 aliphatic heterocycles. The van der Waals surface area contributed by atoms with Crippen LogP contribution in [0.3, 0.4) is 0 Å². The molecule has 4 rings (SSSR count). The average molecular weight is 416 g/mol. The second kappa shape index (κ2) is 8.92. The fraction of sp³-hybridized carbons (Fsp3) is 0.200. The largest absolute Gasteiger partial charge is 0.492 e. The number of hydrogen-bond acceptors (Lipinski definition) is 4. The minimum absolute atomic E-state index is 0.147. The molecule has 158 valence electrons. The highest BCUT2D eigenvalue weighted by molar-refractivity contribution is 6.05. The van der Waals surface area contributed by atoms with Crippen LogP contribution in [0.4, 0.5) is 11.4 Å². The number of hydrogen-bond donors (Lipinski definition) is 1. The fourth-order valence-corrected chi connectivity index (χ4v) is 3.40. The molecule has 0 saturated heterocycles. The molecule has 0 spiro atoms. The summed E-state index contributed by atoms with van der Waals surface area (Å²) in [4.78, 5) is 26.9. The van der Waals surface area contributed by atoms with E-state index in [0.717, 1.165) is 11.3 Å². The van der Waals surface area contributed by atoms with Crippen LogP contribution in [0.2, 0.25) is 0 Å². The normalized spacial score (nSPS) is 15.1. The van der Waals surface area contributed by atoms with Crippen molar-refractivity contribution >= 4 is 23.2 Å². The Bertz CT molecular complexity index is 1080. The van der Waals surface area contributed by atoms with Gasteiger partial charge in [0.25, 0.3) is 11.8 Å². The fourth-order valence-electron chi connectivity index (χ4n) is 3.40. The van der Waals surface area contributed by atoms with Gasteiger partial charge < -0.3 is 19.7 Å². The van der Waals surface area contributed by atoms with E-state index in [0.29, 0.717) is 35.8 Å². The van der Waals surface area contributed by atoms with Gasteiger partial charge in [-0.3, -0.25) is 9.59 Å². The molecule has 1 aliphatic rings. The van der Waals surface area contributed by atoms with Crippen LogP contribution < -0.4 is 19.7 Å². The number of amides is 2. The summed E-state index contributed by atoms with van der Waals surface area (Å²) in [7, 11) is 0. The zero-order chi connectivity index (χ0) is 21.8. The number of fused-ring (bicyclic) bond motifs is 1. The Hall–Kier alpha value is -3.80. The highest BCUT2D eigenvalue weighted by Crippen LogP contribution is 2.36. The Morgan fingerprint density at radius 2 is 1.81 bits per heavy atom. The van der Waals surface area contributed by atoms with Crippen LogP contribution in [-0.2, 0) is 4.79 Å². The maximum absolute atomic E-state index is 12.8. The van der Waals surface area contributed by atoms with Crippen LogP contribution in [0.25, 0.3) is 0 Å². The lowest BCUT2D eigenvalue weighted by Crippen LogP contribution is -2.46. The van der Waals surface area contributed by atoms with Crippen molar-refractivity contribution in [3.63, 3.8) is 0 Å². The molecule has 0 saturated carbocycles. The molecule has 0 radical (unpaired) electrons. The van der Waals surface area contributed by atoms with Gasteiger partial charge in [0.15, 0.2) is 6.10 Å². The maximum Gasteiger partial charge on any atom is 0.267 e. The van der Waals surface area contributed by atoms with E-state index in [-0.39, 0.29) is 11.8 Å². The number of nitrogens with zero attached hydrogens (tertiary/aromatic N) is 1. The summed E-state index contributed by atoms with van der Waals surface area (Å²) in [5.41, 5.74) is 2.91. The summed E-state index contributed by atoms with van der Waals surface area (Å²) in [5, 5.41) is 2.88. The molecule has 6 nitrogen and oxygen atoms in total. The Balaban J connectivity index is 1.50. The molecule has 2 amide bonds. The summed E-state index contributed by atoms with van der Waals surface area (Å²) in [6, 6.07) is 22.0. The van der Waals surface area contributed by atoms with Crippen LogP contribution in [0.15, 0.2) is 72.8 Å². The van der Waals surface area contributed by atoms with Crippen molar-refractivity contribution in [2.75, 3.05) is 23.4 Å². The van der Waals surface area contributed by atoms with Crippen molar-refractivity contribution in [2.45, 2.75) is 20.0 Å². The minimum Gasteiger partial charge on any atom is -0.492 e. The van der Waals surface area contributed by atoms with Gasteiger partial charge in [-0.1, -0.05) is 35.9 Å². The lowest BCUT2D eigenvalue weighted by molar-refractivity contribution is -0.125. The molecule has 3 aromatic carbocycles. The molecule has 0 fully saturated rings. The van der Waals surface area contributed by atoms with Gasteiger partial charge in [0, 0.05) is 11.3 Å². The van der Waals surface area contributed by atoms with E-state index in [1.165, 1.54) is 0 Å². The first-order valence-electron chi connectivity index (χ1n) is 10.2. The second-order valence-corrected chi connectivity index (χ2v) is 7.41. The monoisotopic (exact) mass is 416 g/mol. The van der Waals surface area contributed by atoms with Crippen molar-refractivity contribution in [3.05, 3.63) is 83.9 Å². The molecule has 0 aromatic heterocycles. The number of carbonyl (C=O) groups excluding carboxylic acids is 2. The Morgan fingerprint density at radius 3 is 2.55 bits per heavy atom. The highest BCUT2D eigenvalue weighted by Gasteiger charge is 2.31. The topological polar surface area (TPSA) is 67.9 Å². The van der Waals surface area contributed by atoms with Gasteiger partial charge in [0.1, 0.15) is 18.1 Å². The molecule has 0 bridgehead atoms. The number of nitrogens with one attached hydrogen (secondary N) is 1. The number of ether oxygens (including phenoxy) is 2. The van der Waals surface area contributed by atoms with Gasteiger partial charge in [0.05, 0.1) is 12.2 Å². The zero-order valence-corrected chi connectivity index (χ0v) is 17.5. The maximum atomic E-state index is 12.8. The van der Waals surface area contributed by atoms with E-state index in [2.05, 4.69) is 5.32 Å². The van der Waals surface area contributed by atoms with Gasteiger partial charge in [-0.25, -0.2) is 0 Å². The van der Waals surface area contributed by atoms with Gasteiger partial charge in [-0.15, -0.1) is 0 Å². The van der Waals surface area contributed by atoms with Crippen molar-refractivity contribution in [2.24, 2.45) is 0 Å². The molecule has 6 heteroatoms. The molecule has 1 atom stereocenters. The van der Waals surface area contributed by atoms with Crippen molar-refractivity contribution in [1.82, 2.24) is 0 Å². The molecule has 1 heterocycles. The predicted octanol–water partition coefficient (Wildman–Crippen LogP) is 4.44. The quantitative estimate of drug-likeness (QED) is 0.645. The third kappa shape index (κ3) is 4.69. The summed E-state index contributed by atoms with van der Waals surface area (Å²) in [6.45, 7) is 4.44. The molecular weight excluding hydrogens is 392 g/mol. The Labute approximate surface area is 181 Å². The van der Waals surface area contributed by atoms with Crippen LogP contribution in [0, 0.1) is 6.92 Å². The number of anilines is 2. The third-order valence-corrected chi connectivity index (χ3v) is 5.07. The van der Waals surface area contributed by atoms with Crippen LogP contribution in [0.1, 0.15) is 22.8 Å². The number of rotatable bonds is 6. The Kier molecular flexibility index (Phi) is 5.89. The van der Waals surface area contributed by atoms with Gasteiger partial charge in [0.2, 0.25) is 0 Å². The summed E-state index contributed by atoms with van der Waals surface area (Å²) < 4.78 is 11.6. The molecule has 3 aromatic rings. The number of carbonyl (C=O) groups is 2. The van der Waals surface area contributed by atoms with Gasteiger partial charge in [-0.05, 0) is 56.3 Å². The first kappa shape index (κ1) is 20.5. The molecule has 31 heavy (non-hydrogen) atoms. The first-order valence-corrected chi connectivity index (χ1v) is 10.2. The van der Waals surface area contributed by atoms with Crippen LogP contribution >= 0.6 is 0 Å². The van der Waals surface area contributed by atoms with Crippen LogP contribution in [0.5, 0.6) is 11.5 Å². The predicted molar refractivity (Wildman–Crippen MR) is 120 cm³/mol. The second-order valence-electron chi connectivity index (χ2n) is 7.41. The van der Waals surface area contributed by atoms with E-state index < -0.39 is 6.10 Å². The molecule has 1 N–H and O–H groups in total. The van der Waals surface area contributed by atoms with Crippen molar-refractivity contribution in [1.29, 1.82) is 0 Å². The van der Waals surface area contributed by atoms with Gasteiger partial charge >= 0.3 is 0 Å². The Morgan fingerprint density at radius 1 is 1.06 bits per heavy atom. The standard InChI is InChI=1S/C25H24N2O4/c1-17-8-11-21(12-9-17)30-15-14-27-22-16-20(10-13-23(22)31-18(2)25(27)29)26-24(28)19-6-4-3-5-7-19/h3-13,16,18H,14-15H2,1-2H3,(H,26,28). The summed E-state index contributed by atoms with van der Waals surface area (Å²) >= 11 is 0. The summed E-state index contributed by atoms with van der Waals surface area (Å²) in [5.74, 6) is 0.987. The van der Waals surface area contributed by atoms with E-state index in [9.17, 15) is 9.59 Å². The van der Waals surface area contributed by atoms with Crippen molar-refractivity contribution in [3.8, 4) is 11.5 Å². The lowest BCUT2D eigenvalue weighted by atomic mass is 10.1. The van der Waals surface area contributed by atoms with Crippen LogP contribution in [-0.4, -0.2) is 31.1 Å². The first-order chi connectivity index (χ1) is 15.0. The SMILES string of the molecule is Cc1ccc(OCCN2C(=O)C(C)Oc3ccc(NC(=O)c4ccccc4)cc32)cc1. The third-order valence-electron chi connectivity index (χ3n) is 5.07. The van der Waals surface area contributed by atoms with Gasteiger partial charge in [-0.2, -0.15) is 0 Å². The number of benzene rings is 3. The molecule has 0 aliphatic carbocycles. The number of aryl methyl sites for hydroxylation is 1. The minimum atomic E-state index is -0.586. The lowest BCUT2D eigenvalue weighted by Gasteiger charge is -2.33. The van der Waals surface area contributed by atoms with E-state index in [1.54, 1.807) is 42.2 Å². The zero-order valence-electron chi connectivity index (χ0n) is 17.5. The van der Waals surface area contributed by atoms with Crippen molar-refractivity contribution < 1.29 is 19.1 Å². The van der Waals surface area contributed by atoms with E-state index in [1.807, 2.05) is 49.4 Å². The molecule has 1 unspecified atom stereocenters. The van der Waals surface area contributed by atoms with E-state index in [4.69, 9.17) is 9.47 Å². The smallest absolute Gasteiger partial charge is 0.267 e.